The summed E-state index contributed by atoms with van der Waals surface area (Å²) in [6.45, 7) is 4.03. The van der Waals surface area contributed by atoms with Crippen molar-refractivity contribution in [3.8, 4) is 0 Å². The Kier molecular flexibility index (Phi) is 8.22. The van der Waals surface area contributed by atoms with E-state index in [2.05, 4.69) is 17.6 Å². The van der Waals surface area contributed by atoms with E-state index in [1.807, 2.05) is 19.1 Å². The molecular weight excluding hydrogens is 280 g/mol. The molecule has 0 aromatic heterocycles. The van der Waals surface area contributed by atoms with Crippen LogP contribution >= 0.6 is 0 Å². The third kappa shape index (κ3) is 6.26. The zero-order chi connectivity index (χ0) is 16.4. The van der Waals surface area contributed by atoms with E-state index in [0.717, 1.165) is 19.3 Å². The normalized spacial score (nSPS) is 11.8. The van der Waals surface area contributed by atoms with Gasteiger partial charge < -0.3 is 15.7 Å². The van der Waals surface area contributed by atoms with Gasteiger partial charge in [0.15, 0.2) is 0 Å². The number of hydrogen-bond acceptors (Lipinski definition) is 3. The van der Waals surface area contributed by atoms with E-state index in [-0.39, 0.29) is 12.6 Å². The molecule has 0 heterocycles. The number of nitrogens with one attached hydrogen (secondary N) is 2. The highest BCUT2D eigenvalue weighted by Crippen LogP contribution is 2.11. The highest BCUT2D eigenvalue weighted by atomic mass is 16.3. The Labute approximate surface area is 132 Å². The van der Waals surface area contributed by atoms with E-state index in [4.69, 9.17) is 5.11 Å². The Bertz CT molecular complexity index is 471. The van der Waals surface area contributed by atoms with Crippen molar-refractivity contribution in [2.24, 2.45) is 0 Å². The van der Waals surface area contributed by atoms with E-state index in [0.29, 0.717) is 18.5 Å². The topological polar surface area (TPSA) is 78.4 Å². The van der Waals surface area contributed by atoms with Crippen molar-refractivity contribution in [1.29, 1.82) is 0 Å². The van der Waals surface area contributed by atoms with Crippen LogP contribution in [0.5, 0.6) is 0 Å². The molecule has 1 aromatic rings. The quantitative estimate of drug-likeness (QED) is 0.645. The van der Waals surface area contributed by atoms with Gasteiger partial charge in [0, 0.05) is 18.3 Å². The molecule has 3 N–H and O–H groups in total. The predicted octanol–water partition coefficient (Wildman–Crippen LogP) is 2.24. The Morgan fingerprint density at radius 1 is 1.14 bits per heavy atom. The molecule has 0 saturated carbocycles. The predicted molar refractivity (Wildman–Crippen MR) is 87.6 cm³/mol. The van der Waals surface area contributed by atoms with Crippen LogP contribution in [-0.4, -0.2) is 29.6 Å². The van der Waals surface area contributed by atoms with E-state index in [9.17, 15) is 9.59 Å². The van der Waals surface area contributed by atoms with Crippen LogP contribution in [0, 0.1) is 0 Å². The summed E-state index contributed by atoms with van der Waals surface area (Å²) < 4.78 is 0. The molecule has 0 fully saturated rings. The molecule has 122 valence electrons. The minimum Gasteiger partial charge on any atom is -0.396 e. The molecule has 0 spiro atoms. The van der Waals surface area contributed by atoms with Gasteiger partial charge in [-0.15, -0.1) is 0 Å². The van der Waals surface area contributed by atoms with Gasteiger partial charge in [0.25, 0.3) is 0 Å². The lowest BCUT2D eigenvalue weighted by molar-refractivity contribution is -0.136. The average molecular weight is 306 g/mol. The van der Waals surface area contributed by atoms with E-state index in [1.54, 1.807) is 12.1 Å². The number of anilines is 1. The summed E-state index contributed by atoms with van der Waals surface area (Å²) in [5.41, 5.74) is 1.83. The van der Waals surface area contributed by atoms with Gasteiger partial charge in [-0.25, -0.2) is 0 Å². The first kappa shape index (κ1) is 18.2. The fourth-order valence-corrected chi connectivity index (χ4v) is 2.11. The fraction of sp³-hybridized carbons (Fsp3) is 0.529. The Morgan fingerprint density at radius 2 is 1.82 bits per heavy atom. The third-order valence-electron chi connectivity index (χ3n) is 3.54. The lowest BCUT2D eigenvalue weighted by Gasteiger charge is -2.15. The van der Waals surface area contributed by atoms with Crippen LogP contribution < -0.4 is 10.6 Å². The third-order valence-corrected chi connectivity index (χ3v) is 3.54. The fourth-order valence-electron chi connectivity index (χ4n) is 2.11. The van der Waals surface area contributed by atoms with Gasteiger partial charge in [0.1, 0.15) is 0 Å². The zero-order valence-corrected chi connectivity index (χ0v) is 13.4. The SMILES string of the molecule is CCCCc1ccc(NC(=O)C(=O)NC(CC)CCO)cc1. The lowest BCUT2D eigenvalue weighted by atomic mass is 10.1. The number of aliphatic hydroxyl groups is 1. The minimum atomic E-state index is -0.683. The second-order valence-corrected chi connectivity index (χ2v) is 5.35. The summed E-state index contributed by atoms with van der Waals surface area (Å²) in [5.74, 6) is -1.35. The van der Waals surface area contributed by atoms with Crippen molar-refractivity contribution in [1.82, 2.24) is 5.32 Å². The van der Waals surface area contributed by atoms with Gasteiger partial charge in [-0.05, 0) is 43.4 Å². The number of carbonyl (C=O) groups excluding carboxylic acids is 2. The number of carbonyl (C=O) groups is 2. The molecule has 0 radical (unpaired) electrons. The van der Waals surface area contributed by atoms with Gasteiger partial charge in [0.05, 0.1) is 0 Å². The van der Waals surface area contributed by atoms with Gasteiger partial charge >= 0.3 is 11.8 Å². The van der Waals surface area contributed by atoms with Crippen LogP contribution in [-0.2, 0) is 16.0 Å². The maximum atomic E-state index is 11.8. The lowest BCUT2D eigenvalue weighted by Crippen LogP contribution is -2.42. The van der Waals surface area contributed by atoms with E-state index >= 15 is 0 Å². The number of amides is 2. The molecule has 1 atom stereocenters. The maximum Gasteiger partial charge on any atom is 0.313 e. The van der Waals surface area contributed by atoms with Crippen molar-refractivity contribution < 1.29 is 14.7 Å². The molecule has 22 heavy (non-hydrogen) atoms. The van der Waals surface area contributed by atoms with Crippen LogP contribution in [0.1, 0.15) is 45.1 Å². The van der Waals surface area contributed by atoms with Gasteiger partial charge in [-0.3, -0.25) is 9.59 Å². The first-order valence-corrected chi connectivity index (χ1v) is 7.92. The molecule has 0 bridgehead atoms. The minimum absolute atomic E-state index is 0.0143. The number of benzene rings is 1. The van der Waals surface area contributed by atoms with E-state index in [1.165, 1.54) is 5.56 Å². The molecule has 2 amide bonds. The van der Waals surface area contributed by atoms with Crippen LogP contribution in [0.4, 0.5) is 5.69 Å². The highest BCUT2D eigenvalue weighted by molar-refractivity contribution is 6.39. The highest BCUT2D eigenvalue weighted by Gasteiger charge is 2.17. The van der Waals surface area contributed by atoms with Gasteiger partial charge in [-0.1, -0.05) is 32.4 Å². The van der Waals surface area contributed by atoms with Crippen molar-refractivity contribution in [2.45, 2.75) is 52.0 Å². The van der Waals surface area contributed by atoms with Crippen molar-refractivity contribution in [2.75, 3.05) is 11.9 Å². The number of unbranched alkanes of at least 4 members (excludes halogenated alkanes) is 1. The molecule has 0 aliphatic carbocycles. The van der Waals surface area contributed by atoms with Crippen LogP contribution in [0.2, 0.25) is 0 Å². The van der Waals surface area contributed by atoms with Crippen LogP contribution in [0.25, 0.3) is 0 Å². The average Bonchev–Trinajstić information content (AvgIpc) is 2.53. The standard InChI is InChI=1S/C17H26N2O3/c1-3-5-6-13-7-9-15(10-8-13)19-17(22)16(21)18-14(4-2)11-12-20/h7-10,14,20H,3-6,11-12H2,1-2H3,(H,18,21)(H,19,22). The summed E-state index contributed by atoms with van der Waals surface area (Å²) in [4.78, 5) is 23.6. The summed E-state index contributed by atoms with van der Waals surface area (Å²) in [6, 6.07) is 7.36. The molecule has 5 heteroatoms. The summed E-state index contributed by atoms with van der Waals surface area (Å²) in [6.07, 6.45) is 4.42. The number of hydrogen-bond donors (Lipinski definition) is 3. The van der Waals surface area contributed by atoms with Crippen molar-refractivity contribution >= 4 is 17.5 Å². The Balaban J connectivity index is 2.51. The smallest absolute Gasteiger partial charge is 0.313 e. The first-order valence-electron chi connectivity index (χ1n) is 7.92. The molecule has 5 nitrogen and oxygen atoms in total. The van der Waals surface area contributed by atoms with Gasteiger partial charge in [0.2, 0.25) is 0 Å². The monoisotopic (exact) mass is 306 g/mol. The maximum absolute atomic E-state index is 11.8. The summed E-state index contributed by atoms with van der Waals surface area (Å²) in [5, 5.41) is 14.1. The molecule has 1 rings (SSSR count). The van der Waals surface area contributed by atoms with E-state index < -0.39 is 11.8 Å². The molecule has 0 aliphatic heterocycles. The largest absolute Gasteiger partial charge is 0.396 e. The second-order valence-electron chi connectivity index (χ2n) is 5.35. The second kappa shape index (κ2) is 9.95. The number of rotatable bonds is 8. The molecule has 1 unspecified atom stereocenters. The summed E-state index contributed by atoms with van der Waals surface area (Å²) >= 11 is 0. The zero-order valence-electron chi connectivity index (χ0n) is 13.4. The summed E-state index contributed by atoms with van der Waals surface area (Å²) in [7, 11) is 0. The first-order chi connectivity index (χ1) is 10.6. The Morgan fingerprint density at radius 3 is 2.36 bits per heavy atom. The number of aliphatic hydroxyl groups excluding tert-OH is 1. The molecular formula is C17H26N2O3. The van der Waals surface area contributed by atoms with Gasteiger partial charge in [-0.2, -0.15) is 0 Å². The van der Waals surface area contributed by atoms with Crippen molar-refractivity contribution in [3.63, 3.8) is 0 Å². The molecule has 0 aliphatic rings. The number of aryl methyl sites for hydroxylation is 1. The Hall–Kier alpha value is -1.88. The molecule has 1 aromatic carbocycles. The van der Waals surface area contributed by atoms with Crippen LogP contribution in [0.3, 0.4) is 0 Å². The van der Waals surface area contributed by atoms with Crippen molar-refractivity contribution in [3.05, 3.63) is 29.8 Å². The molecule has 0 saturated heterocycles. The van der Waals surface area contributed by atoms with Crippen LogP contribution in [0.15, 0.2) is 24.3 Å².